The largest absolute Gasteiger partial charge is 0.342 e. The van der Waals surface area contributed by atoms with Crippen LogP contribution in [0.2, 0.25) is 0 Å². The maximum Gasteiger partial charge on any atom is 0.226 e. The number of pyridine rings is 1. The minimum Gasteiger partial charge on any atom is -0.342 e. The number of aromatic nitrogens is 1. The summed E-state index contributed by atoms with van der Waals surface area (Å²) in [6, 6.07) is 6.62. The van der Waals surface area contributed by atoms with Crippen molar-refractivity contribution in [2.75, 3.05) is 20.1 Å². The minimum absolute atomic E-state index is 0.220. The number of carbonyl (C=O) groups excluding carboxylic acids is 1. The van der Waals surface area contributed by atoms with E-state index in [4.69, 9.17) is 0 Å². The van der Waals surface area contributed by atoms with E-state index in [2.05, 4.69) is 40.0 Å². The second-order valence-electron chi connectivity index (χ2n) is 7.13. The zero-order valence-corrected chi connectivity index (χ0v) is 14.7. The molecule has 0 aromatic carbocycles. The minimum atomic E-state index is 0.220. The Hall–Kier alpha value is -1.68. The molecule has 1 saturated heterocycles. The quantitative estimate of drug-likeness (QED) is 0.797. The molecule has 0 spiro atoms. The number of allylic oxidation sites excluding steroid dienone is 2. The molecule has 1 amide bonds. The highest BCUT2D eigenvalue weighted by atomic mass is 16.2. The Morgan fingerprint density at radius 2 is 2.17 bits per heavy atom. The summed E-state index contributed by atoms with van der Waals surface area (Å²) in [7, 11) is 2.18. The first-order valence-electron chi connectivity index (χ1n) is 9.28. The average Bonchev–Trinajstić information content (AvgIpc) is 2.89. The van der Waals surface area contributed by atoms with E-state index in [-0.39, 0.29) is 5.92 Å². The van der Waals surface area contributed by atoms with Crippen molar-refractivity contribution in [3.8, 4) is 0 Å². The molecule has 2 aliphatic rings. The van der Waals surface area contributed by atoms with E-state index in [0.29, 0.717) is 11.9 Å². The number of nitrogens with zero attached hydrogens (tertiary/aromatic N) is 3. The van der Waals surface area contributed by atoms with Crippen LogP contribution in [-0.2, 0) is 11.3 Å². The van der Waals surface area contributed by atoms with Gasteiger partial charge in [0.05, 0.1) is 5.69 Å². The Kier molecular flexibility index (Phi) is 6.02. The van der Waals surface area contributed by atoms with Crippen molar-refractivity contribution < 1.29 is 4.79 Å². The standard InChI is InChI=1S/C20H29N3O/c1-22(16-18-10-5-6-13-21-18)19-11-7-14-23(15-12-19)20(24)17-8-3-2-4-9-17/h2-3,5-6,10,13,17,19H,4,7-9,11-12,14-16H2,1H3. The number of carbonyl (C=O) groups is 1. The molecule has 2 unspecified atom stereocenters. The zero-order valence-electron chi connectivity index (χ0n) is 14.7. The number of amides is 1. The van der Waals surface area contributed by atoms with Crippen molar-refractivity contribution >= 4 is 5.91 Å². The summed E-state index contributed by atoms with van der Waals surface area (Å²) in [5.74, 6) is 0.602. The Labute approximate surface area is 145 Å². The fraction of sp³-hybridized carbons (Fsp3) is 0.600. The van der Waals surface area contributed by atoms with Crippen LogP contribution in [-0.4, -0.2) is 46.9 Å². The van der Waals surface area contributed by atoms with Crippen molar-refractivity contribution in [1.29, 1.82) is 0 Å². The van der Waals surface area contributed by atoms with Crippen LogP contribution in [0.5, 0.6) is 0 Å². The number of rotatable bonds is 4. The molecule has 24 heavy (non-hydrogen) atoms. The van der Waals surface area contributed by atoms with Crippen molar-refractivity contribution in [1.82, 2.24) is 14.8 Å². The van der Waals surface area contributed by atoms with Crippen LogP contribution in [0.4, 0.5) is 0 Å². The first-order chi connectivity index (χ1) is 11.7. The monoisotopic (exact) mass is 327 g/mol. The summed E-state index contributed by atoms with van der Waals surface area (Å²) in [6.45, 7) is 2.70. The molecule has 4 heteroatoms. The number of hydrogen-bond acceptors (Lipinski definition) is 3. The lowest BCUT2D eigenvalue weighted by Crippen LogP contribution is -2.38. The van der Waals surface area contributed by atoms with E-state index in [1.165, 1.54) is 0 Å². The van der Waals surface area contributed by atoms with Gasteiger partial charge in [-0.1, -0.05) is 18.2 Å². The van der Waals surface area contributed by atoms with Gasteiger partial charge >= 0.3 is 0 Å². The van der Waals surface area contributed by atoms with Crippen molar-refractivity contribution in [2.24, 2.45) is 5.92 Å². The summed E-state index contributed by atoms with van der Waals surface area (Å²) in [4.78, 5) is 21.7. The van der Waals surface area contributed by atoms with Crippen LogP contribution in [0.25, 0.3) is 0 Å². The molecule has 0 radical (unpaired) electrons. The molecule has 0 bridgehead atoms. The van der Waals surface area contributed by atoms with Crippen LogP contribution < -0.4 is 0 Å². The van der Waals surface area contributed by atoms with E-state index in [1.807, 2.05) is 18.3 Å². The van der Waals surface area contributed by atoms with E-state index in [0.717, 1.165) is 63.9 Å². The fourth-order valence-corrected chi connectivity index (χ4v) is 3.89. The number of likely N-dealkylation sites (tertiary alicyclic amines) is 1. The van der Waals surface area contributed by atoms with Gasteiger partial charge in [0.25, 0.3) is 0 Å². The molecule has 1 aromatic rings. The molecular weight excluding hydrogens is 298 g/mol. The van der Waals surface area contributed by atoms with Gasteiger partial charge in [0.2, 0.25) is 5.91 Å². The lowest BCUT2D eigenvalue weighted by Gasteiger charge is -2.28. The lowest BCUT2D eigenvalue weighted by atomic mass is 9.93. The maximum atomic E-state index is 12.7. The second-order valence-corrected chi connectivity index (χ2v) is 7.13. The van der Waals surface area contributed by atoms with E-state index in [9.17, 15) is 4.79 Å². The van der Waals surface area contributed by atoms with Gasteiger partial charge in [0, 0.05) is 37.8 Å². The Morgan fingerprint density at radius 1 is 1.25 bits per heavy atom. The Morgan fingerprint density at radius 3 is 2.92 bits per heavy atom. The van der Waals surface area contributed by atoms with Crippen molar-refractivity contribution in [2.45, 2.75) is 51.1 Å². The Bertz CT molecular complexity index is 557. The third kappa shape index (κ3) is 4.44. The molecule has 1 aliphatic heterocycles. The highest BCUT2D eigenvalue weighted by Gasteiger charge is 2.27. The van der Waals surface area contributed by atoms with Crippen LogP contribution in [0.3, 0.4) is 0 Å². The molecule has 2 atom stereocenters. The summed E-state index contributed by atoms with van der Waals surface area (Å²) in [5.41, 5.74) is 1.12. The summed E-state index contributed by atoms with van der Waals surface area (Å²) in [6.07, 6.45) is 12.6. The molecule has 3 rings (SSSR count). The van der Waals surface area contributed by atoms with E-state index >= 15 is 0 Å². The summed E-state index contributed by atoms with van der Waals surface area (Å²) in [5, 5.41) is 0. The number of hydrogen-bond donors (Lipinski definition) is 0. The topological polar surface area (TPSA) is 36.4 Å². The van der Waals surface area contributed by atoms with E-state index < -0.39 is 0 Å². The van der Waals surface area contributed by atoms with Gasteiger partial charge < -0.3 is 4.90 Å². The van der Waals surface area contributed by atoms with Crippen LogP contribution >= 0.6 is 0 Å². The van der Waals surface area contributed by atoms with Crippen molar-refractivity contribution in [3.05, 3.63) is 42.2 Å². The third-order valence-electron chi connectivity index (χ3n) is 5.39. The first kappa shape index (κ1) is 17.2. The summed E-state index contributed by atoms with van der Waals surface area (Å²) < 4.78 is 0. The molecule has 2 heterocycles. The van der Waals surface area contributed by atoms with Gasteiger partial charge in [-0.15, -0.1) is 0 Å². The molecule has 1 aliphatic carbocycles. The van der Waals surface area contributed by atoms with Gasteiger partial charge in [-0.25, -0.2) is 0 Å². The molecule has 130 valence electrons. The van der Waals surface area contributed by atoms with Gasteiger partial charge in [0.1, 0.15) is 0 Å². The zero-order chi connectivity index (χ0) is 16.8. The molecule has 0 saturated carbocycles. The molecule has 0 N–H and O–H groups in total. The van der Waals surface area contributed by atoms with Crippen molar-refractivity contribution in [3.63, 3.8) is 0 Å². The van der Waals surface area contributed by atoms with Gasteiger partial charge in [-0.2, -0.15) is 0 Å². The maximum absolute atomic E-state index is 12.7. The predicted octanol–water partition coefficient (Wildman–Crippen LogP) is 3.25. The van der Waals surface area contributed by atoms with Gasteiger partial charge in [-0.3, -0.25) is 14.7 Å². The molecule has 4 nitrogen and oxygen atoms in total. The third-order valence-corrected chi connectivity index (χ3v) is 5.39. The SMILES string of the molecule is CN(Cc1ccccn1)C1CCCN(C(=O)C2CC=CCC2)CC1. The predicted molar refractivity (Wildman–Crippen MR) is 96.4 cm³/mol. The summed E-state index contributed by atoms with van der Waals surface area (Å²) >= 11 is 0. The normalized spacial score (nSPS) is 24.8. The fourth-order valence-electron chi connectivity index (χ4n) is 3.89. The smallest absolute Gasteiger partial charge is 0.226 e. The average molecular weight is 327 g/mol. The Balaban J connectivity index is 1.52. The second kappa shape index (κ2) is 8.43. The van der Waals surface area contributed by atoms with Crippen LogP contribution in [0.1, 0.15) is 44.2 Å². The van der Waals surface area contributed by atoms with Gasteiger partial charge in [0.15, 0.2) is 0 Å². The molecule has 1 fully saturated rings. The molecule has 1 aromatic heterocycles. The lowest BCUT2D eigenvalue weighted by molar-refractivity contribution is -0.135. The van der Waals surface area contributed by atoms with Crippen LogP contribution in [0.15, 0.2) is 36.5 Å². The highest BCUT2D eigenvalue weighted by molar-refractivity contribution is 5.79. The molecular formula is C20H29N3O. The first-order valence-corrected chi connectivity index (χ1v) is 9.28. The van der Waals surface area contributed by atoms with Gasteiger partial charge in [-0.05, 0) is 57.7 Å². The van der Waals surface area contributed by atoms with Crippen LogP contribution in [0, 0.1) is 5.92 Å². The van der Waals surface area contributed by atoms with E-state index in [1.54, 1.807) is 0 Å². The highest BCUT2D eigenvalue weighted by Crippen LogP contribution is 2.23.